The summed E-state index contributed by atoms with van der Waals surface area (Å²) in [6.07, 6.45) is 9.64. The number of hydrogen-bond donors (Lipinski definition) is 2. The van der Waals surface area contributed by atoms with Crippen LogP contribution in [0.5, 0.6) is 0 Å². The number of hydrogen-bond acceptors (Lipinski definition) is 3. The molecule has 1 saturated carbocycles. The van der Waals surface area contributed by atoms with Crippen LogP contribution in [0.3, 0.4) is 0 Å². The van der Waals surface area contributed by atoms with E-state index in [-0.39, 0.29) is 0 Å². The summed E-state index contributed by atoms with van der Waals surface area (Å²) in [4.78, 5) is 7.05. The average molecular weight is 347 g/mol. The second-order valence-corrected chi connectivity index (χ2v) is 8.10. The normalized spacial score (nSPS) is 25.3. The van der Waals surface area contributed by atoms with Gasteiger partial charge in [-0.05, 0) is 55.4 Å². The van der Waals surface area contributed by atoms with Gasteiger partial charge in [-0.3, -0.25) is 0 Å². The first-order valence-corrected chi connectivity index (χ1v) is 9.79. The summed E-state index contributed by atoms with van der Waals surface area (Å²) in [6, 6.07) is 4.72. The molecule has 0 radical (unpaired) electrons. The Morgan fingerprint density at radius 1 is 1.12 bits per heavy atom. The number of pyridine rings is 1. The van der Waals surface area contributed by atoms with Crippen LogP contribution in [-0.4, -0.2) is 29.2 Å². The quantitative estimate of drug-likeness (QED) is 0.803. The Balaban J connectivity index is 1.53. The SMILES string of the molecule is C[C@@H]1C[C@@H](C)CN(c2ccc(NC(=S)NC3CCCCC3)cn2)C1. The summed E-state index contributed by atoms with van der Waals surface area (Å²) in [7, 11) is 0. The average Bonchev–Trinajstić information content (AvgIpc) is 2.55. The standard InChI is InChI=1S/C19H30N4S/c1-14-10-15(2)13-23(12-14)18-9-8-17(11-20-18)22-19(24)21-16-6-4-3-5-7-16/h8-9,11,14-16H,3-7,10,12-13H2,1-2H3,(H2,21,22,24)/t14-,15-/m1/s1. The van der Waals surface area contributed by atoms with Gasteiger partial charge in [-0.15, -0.1) is 0 Å². The zero-order valence-corrected chi connectivity index (χ0v) is 15.7. The number of rotatable bonds is 3. The molecular formula is C19H30N4S. The molecule has 0 unspecified atom stereocenters. The fourth-order valence-corrected chi connectivity index (χ4v) is 4.38. The van der Waals surface area contributed by atoms with Gasteiger partial charge in [0.1, 0.15) is 5.82 Å². The zero-order chi connectivity index (χ0) is 16.9. The largest absolute Gasteiger partial charge is 0.360 e. The number of nitrogens with one attached hydrogen (secondary N) is 2. The maximum atomic E-state index is 5.45. The van der Waals surface area contributed by atoms with Gasteiger partial charge in [0.25, 0.3) is 0 Å². The Bertz CT molecular complexity index is 529. The van der Waals surface area contributed by atoms with E-state index in [1.54, 1.807) is 0 Å². The van der Waals surface area contributed by atoms with Crippen molar-refractivity contribution < 1.29 is 0 Å². The van der Waals surface area contributed by atoms with Gasteiger partial charge in [-0.1, -0.05) is 33.1 Å². The number of piperidine rings is 1. The van der Waals surface area contributed by atoms with E-state index < -0.39 is 0 Å². The van der Waals surface area contributed by atoms with E-state index in [0.717, 1.165) is 41.5 Å². The van der Waals surface area contributed by atoms with Crippen molar-refractivity contribution in [2.24, 2.45) is 11.8 Å². The third-order valence-corrected chi connectivity index (χ3v) is 5.36. The summed E-state index contributed by atoms with van der Waals surface area (Å²) in [5, 5.41) is 7.43. The van der Waals surface area contributed by atoms with Crippen molar-refractivity contribution in [2.45, 2.75) is 58.4 Å². The molecule has 2 atom stereocenters. The molecule has 1 aliphatic carbocycles. The lowest BCUT2D eigenvalue weighted by molar-refractivity contribution is 0.355. The van der Waals surface area contributed by atoms with Crippen molar-refractivity contribution in [3.63, 3.8) is 0 Å². The lowest BCUT2D eigenvalue weighted by Crippen LogP contribution is -2.39. The van der Waals surface area contributed by atoms with Crippen molar-refractivity contribution in [1.82, 2.24) is 10.3 Å². The molecule has 24 heavy (non-hydrogen) atoms. The lowest BCUT2D eigenvalue weighted by atomic mass is 9.92. The first-order valence-electron chi connectivity index (χ1n) is 9.38. The minimum atomic E-state index is 0.530. The van der Waals surface area contributed by atoms with Crippen LogP contribution < -0.4 is 15.5 Å². The minimum absolute atomic E-state index is 0.530. The summed E-state index contributed by atoms with van der Waals surface area (Å²) in [6.45, 7) is 6.86. The maximum Gasteiger partial charge on any atom is 0.171 e. The van der Waals surface area contributed by atoms with Gasteiger partial charge in [0.2, 0.25) is 0 Å². The second-order valence-electron chi connectivity index (χ2n) is 7.69. The molecular weight excluding hydrogens is 316 g/mol. The molecule has 3 rings (SSSR count). The van der Waals surface area contributed by atoms with Crippen LogP contribution in [0.25, 0.3) is 0 Å². The molecule has 2 fully saturated rings. The van der Waals surface area contributed by atoms with E-state index in [1.165, 1.54) is 38.5 Å². The van der Waals surface area contributed by atoms with Crippen LogP contribution >= 0.6 is 12.2 Å². The molecule has 132 valence electrons. The molecule has 2 aliphatic rings. The Kier molecular flexibility index (Phi) is 5.93. The van der Waals surface area contributed by atoms with Crippen molar-refractivity contribution in [3.8, 4) is 0 Å². The topological polar surface area (TPSA) is 40.2 Å². The van der Waals surface area contributed by atoms with Crippen LogP contribution in [-0.2, 0) is 0 Å². The second kappa shape index (κ2) is 8.15. The van der Waals surface area contributed by atoms with Crippen molar-refractivity contribution in [3.05, 3.63) is 18.3 Å². The summed E-state index contributed by atoms with van der Waals surface area (Å²) >= 11 is 5.45. The lowest BCUT2D eigenvalue weighted by Gasteiger charge is -2.35. The molecule has 1 aromatic heterocycles. The van der Waals surface area contributed by atoms with E-state index >= 15 is 0 Å². The molecule has 0 aromatic carbocycles. The fraction of sp³-hybridized carbons (Fsp3) is 0.684. The number of anilines is 2. The van der Waals surface area contributed by atoms with Crippen LogP contribution in [0.1, 0.15) is 52.4 Å². The highest BCUT2D eigenvalue weighted by molar-refractivity contribution is 7.80. The van der Waals surface area contributed by atoms with Crippen LogP contribution in [0, 0.1) is 11.8 Å². The van der Waals surface area contributed by atoms with E-state index in [0.29, 0.717) is 6.04 Å². The van der Waals surface area contributed by atoms with Gasteiger partial charge < -0.3 is 15.5 Å². The highest BCUT2D eigenvalue weighted by Gasteiger charge is 2.22. The Morgan fingerprint density at radius 2 is 1.83 bits per heavy atom. The van der Waals surface area contributed by atoms with Crippen LogP contribution in [0.4, 0.5) is 11.5 Å². The monoisotopic (exact) mass is 346 g/mol. The van der Waals surface area contributed by atoms with Gasteiger partial charge in [0.15, 0.2) is 5.11 Å². The Morgan fingerprint density at radius 3 is 2.46 bits per heavy atom. The minimum Gasteiger partial charge on any atom is -0.360 e. The highest BCUT2D eigenvalue weighted by atomic mass is 32.1. The van der Waals surface area contributed by atoms with E-state index in [2.05, 4.69) is 46.5 Å². The number of aromatic nitrogens is 1. The number of thiocarbonyl (C=S) groups is 1. The van der Waals surface area contributed by atoms with Crippen molar-refractivity contribution >= 4 is 28.8 Å². The molecule has 4 nitrogen and oxygen atoms in total. The third kappa shape index (κ3) is 4.82. The van der Waals surface area contributed by atoms with E-state index in [4.69, 9.17) is 12.2 Å². The molecule has 0 bridgehead atoms. The van der Waals surface area contributed by atoms with Crippen LogP contribution in [0.15, 0.2) is 18.3 Å². The number of nitrogens with zero attached hydrogens (tertiary/aromatic N) is 2. The van der Waals surface area contributed by atoms with Gasteiger partial charge in [-0.2, -0.15) is 0 Å². The van der Waals surface area contributed by atoms with E-state index in [1.807, 2.05) is 6.20 Å². The molecule has 2 heterocycles. The van der Waals surface area contributed by atoms with Crippen LogP contribution in [0.2, 0.25) is 0 Å². The molecule has 0 amide bonds. The summed E-state index contributed by atoms with van der Waals surface area (Å²) in [5.41, 5.74) is 0.963. The first kappa shape index (κ1) is 17.5. The smallest absolute Gasteiger partial charge is 0.171 e. The van der Waals surface area contributed by atoms with Gasteiger partial charge in [0, 0.05) is 19.1 Å². The zero-order valence-electron chi connectivity index (χ0n) is 14.9. The molecule has 5 heteroatoms. The molecule has 2 N–H and O–H groups in total. The Hall–Kier alpha value is -1.36. The third-order valence-electron chi connectivity index (χ3n) is 5.14. The predicted octanol–water partition coefficient (Wildman–Crippen LogP) is 4.18. The first-order chi connectivity index (χ1) is 11.6. The van der Waals surface area contributed by atoms with E-state index in [9.17, 15) is 0 Å². The fourth-order valence-electron chi connectivity index (χ4n) is 4.10. The van der Waals surface area contributed by atoms with Crippen molar-refractivity contribution in [1.29, 1.82) is 0 Å². The Labute approximate surface area is 151 Å². The summed E-state index contributed by atoms with van der Waals surface area (Å²) < 4.78 is 0. The molecule has 0 spiro atoms. The molecule has 1 aliphatic heterocycles. The maximum absolute atomic E-state index is 5.45. The predicted molar refractivity (Wildman–Crippen MR) is 106 cm³/mol. The van der Waals surface area contributed by atoms with Gasteiger partial charge in [0.05, 0.1) is 11.9 Å². The highest BCUT2D eigenvalue weighted by Crippen LogP contribution is 2.25. The molecule has 1 saturated heterocycles. The summed E-state index contributed by atoms with van der Waals surface area (Å²) in [5.74, 6) is 2.55. The van der Waals surface area contributed by atoms with Gasteiger partial charge >= 0.3 is 0 Å². The van der Waals surface area contributed by atoms with Gasteiger partial charge in [-0.25, -0.2) is 4.98 Å². The molecule has 1 aromatic rings. The van der Waals surface area contributed by atoms with Crippen molar-refractivity contribution in [2.75, 3.05) is 23.3 Å².